The van der Waals surface area contributed by atoms with Gasteiger partial charge >= 0.3 is 0 Å². The number of amides is 1. The predicted molar refractivity (Wildman–Crippen MR) is 54.8 cm³/mol. The summed E-state index contributed by atoms with van der Waals surface area (Å²) in [7, 11) is 3.98. The van der Waals surface area contributed by atoms with Gasteiger partial charge in [0.05, 0.1) is 14.1 Å². The number of hydrogen-bond acceptors (Lipinski definition) is 1. The SMILES string of the molecule is C=CC(=O)N[N+](C)(C)C(C)CCC.[Cl-]. The predicted octanol–water partition coefficient (Wildman–Crippen LogP) is -1.53. The molecule has 1 atom stereocenters. The van der Waals surface area contributed by atoms with Crippen LogP contribution in [0.4, 0.5) is 0 Å². The van der Waals surface area contributed by atoms with E-state index in [2.05, 4.69) is 25.9 Å². The van der Waals surface area contributed by atoms with E-state index in [0.29, 0.717) is 10.6 Å². The van der Waals surface area contributed by atoms with Gasteiger partial charge in [-0.1, -0.05) is 19.9 Å². The van der Waals surface area contributed by atoms with E-state index in [-0.39, 0.29) is 18.3 Å². The van der Waals surface area contributed by atoms with Crippen molar-refractivity contribution in [1.82, 2.24) is 5.43 Å². The van der Waals surface area contributed by atoms with E-state index in [0.717, 1.165) is 12.8 Å². The summed E-state index contributed by atoms with van der Waals surface area (Å²) in [5, 5.41) is 0. The lowest BCUT2D eigenvalue weighted by Crippen LogP contribution is -3.00. The molecule has 1 unspecified atom stereocenters. The van der Waals surface area contributed by atoms with Gasteiger partial charge in [-0.15, -0.1) is 0 Å². The number of nitrogens with zero attached hydrogens (tertiary/aromatic N) is 1. The van der Waals surface area contributed by atoms with E-state index in [4.69, 9.17) is 0 Å². The fourth-order valence-corrected chi connectivity index (χ4v) is 1.18. The molecule has 0 saturated carbocycles. The summed E-state index contributed by atoms with van der Waals surface area (Å²) in [6, 6.07) is 0.425. The fourth-order valence-electron chi connectivity index (χ4n) is 1.18. The zero-order chi connectivity index (χ0) is 10.5. The van der Waals surface area contributed by atoms with Gasteiger partial charge in [0.15, 0.2) is 0 Å². The fraction of sp³-hybridized carbons (Fsp3) is 0.700. The standard InChI is InChI=1S/C10H20N2O.ClH/c1-6-8-9(3)12(4,5)11-10(13)7-2;/h7,9H,2,6,8H2,1,3-5H3;1H. The number of carbonyl (C=O) groups excluding carboxylic acids is 1. The summed E-state index contributed by atoms with van der Waals surface area (Å²) in [6.07, 6.45) is 3.54. The molecule has 0 bridgehead atoms. The summed E-state index contributed by atoms with van der Waals surface area (Å²) in [5.41, 5.74) is 2.87. The first-order valence-corrected chi connectivity index (χ1v) is 4.72. The van der Waals surface area contributed by atoms with Crippen LogP contribution in [-0.4, -0.2) is 30.6 Å². The molecule has 0 aromatic rings. The Kier molecular flexibility index (Phi) is 7.78. The maximum absolute atomic E-state index is 11.1. The van der Waals surface area contributed by atoms with Crippen LogP contribution in [-0.2, 0) is 4.79 Å². The Labute approximate surface area is 93.1 Å². The van der Waals surface area contributed by atoms with E-state index in [1.54, 1.807) is 0 Å². The molecule has 1 amide bonds. The first-order chi connectivity index (χ1) is 5.94. The van der Waals surface area contributed by atoms with Gasteiger partial charge in [0.25, 0.3) is 5.91 Å². The van der Waals surface area contributed by atoms with Crippen molar-refractivity contribution in [1.29, 1.82) is 0 Å². The molecule has 84 valence electrons. The molecule has 4 heteroatoms. The molecular weight excluding hydrogens is 200 g/mol. The Morgan fingerprint density at radius 1 is 1.57 bits per heavy atom. The third kappa shape index (κ3) is 5.25. The van der Waals surface area contributed by atoms with Crippen LogP contribution in [0.3, 0.4) is 0 Å². The first kappa shape index (κ1) is 15.9. The number of quaternary nitrogens is 1. The molecule has 0 aliphatic heterocycles. The molecule has 0 radical (unpaired) electrons. The van der Waals surface area contributed by atoms with Crippen molar-refractivity contribution in [2.24, 2.45) is 0 Å². The highest BCUT2D eigenvalue weighted by Crippen LogP contribution is 2.08. The Morgan fingerprint density at radius 2 is 2.07 bits per heavy atom. The van der Waals surface area contributed by atoms with Crippen LogP contribution in [0.25, 0.3) is 0 Å². The topological polar surface area (TPSA) is 29.1 Å². The molecule has 3 nitrogen and oxygen atoms in total. The summed E-state index contributed by atoms with van der Waals surface area (Å²) in [6.45, 7) is 7.70. The van der Waals surface area contributed by atoms with Crippen LogP contribution < -0.4 is 17.8 Å². The van der Waals surface area contributed by atoms with Crippen molar-refractivity contribution in [3.8, 4) is 0 Å². The monoisotopic (exact) mass is 220 g/mol. The lowest BCUT2D eigenvalue weighted by Gasteiger charge is -2.34. The lowest BCUT2D eigenvalue weighted by atomic mass is 10.2. The highest BCUT2D eigenvalue weighted by atomic mass is 35.5. The minimum absolute atomic E-state index is 0. The minimum atomic E-state index is -0.118. The van der Waals surface area contributed by atoms with Crippen LogP contribution in [0.1, 0.15) is 26.7 Å². The minimum Gasteiger partial charge on any atom is -1.00 e. The van der Waals surface area contributed by atoms with Crippen LogP contribution >= 0.6 is 0 Å². The van der Waals surface area contributed by atoms with Crippen molar-refractivity contribution in [3.05, 3.63) is 12.7 Å². The molecule has 14 heavy (non-hydrogen) atoms. The number of carbonyl (C=O) groups is 1. The highest BCUT2D eigenvalue weighted by molar-refractivity contribution is 5.85. The Hall–Kier alpha value is -0.540. The maximum Gasteiger partial charge on any atom is 0.288 e. The Bertz CT molecular complexity index is 193. The van der Waals surface area contributed by atoms with E-state index in [1.165, 1.54) is 6.08 Å². The van der Waals surface area contributed by atoms with Crippen molar-refractivity contribution < 1.29 is 21.8 Å². The van der Waals surface area contributed by atoms with Crippen molar-refractivity contribution >= 4 is 5.91 Å². The second kappa shape index (κ2) is 6.85. The first-order valence-electron chi connectivity index (χ1n) is 4.72. The average molecular weight is 221 g/mol. The van der Waals surface area contributed by atoms with Gasteiger partial charge in [0.2, 0.25) is 0 Å². The summed E-state index contributed by atoms with van der Waals surface area (Å²) in [5.74, 6) is -0.118. The Morgan fingerprint density at radius 3 is 2.43 bits per heavy atom. The third-order valence-electron chi connectivity index (χ3n) is 2.39. The smallest absolute Gasteiger partial charge is 0.288 e. The number of nitrogens with one attached hydrogen (secondary N) is 1. The summed E-state index contributed by atoms with van der Waals surface area (Å²) >= 11 is 0. The quantitative estimate of drug-likeness (QED) is 0.340. The molecule has 1 N–H and O–H groups in total. The molecule has 0 aliphatic rings. The van der Waals surface area contributed by atoms with Gasteiger partial charge in [-0.2, -0.15) is 5.43 Å². The largest absolute Gasteiger partial charge is 1.00 e. The zero-order valence-corrected chi connectivity index (χ0v) is 10.3. The maximum atomic E-state index is 11.1. The van der Waals surface area contributed by atoms with Gasteiger partial charge in [0, 0.05) is 12.5 Å². The molecule has 0 spiro atoms. The third-order valence-corrected chi connectivity index (χ3v) is 2.39. The number of hydrogen-bond donors (Lipinski definition) is 1. The van der Waals surface area contributed by atoms with E-state index >= 15 is 0 Å². The Balaban J connectivity index is 0. The van der Waals surface area contributed by atoms with Crippen LogP contribution in [0.15, 0.2) is 12.7 Å². The normalized spacial score (nSPS) is 12.6. The van der Waals surface area contributed by atoms with Crippen molar-refractivity contribution in [3.63, 3.8) is 0 Å². The lowest BCUT2D eigenvalue weighted by molar-refractivity contribution is -0.947. The van der Waals surface area contributed by atoms with Crippen molar-refractivity contribution in [2.75, 3.05) is 14.1 Å². The highest BCUT2D eigenvalue weighted by Gasteiger charge is 2.24. The van der Waals surface area contributed by atoms with Gasteiger partial charge in [-0.25, -0.2) is 4.59 Å². The van der Waals surface area contributed by atoms with E-state index < -0.39 is 0 Å². The second-order valence-corrected chi connectivity index (χ2v) is 3.86. The molecule has 0 rings (SSSR count). The zero-order valence-electron chi connectivity index (χ0n) is 9.51. The molecule has 0 aromatic carbocycles. The number of halogens is 1. The van der Waals surface area contributed by atoms with Gasteiger partial charge in [-0.3, -0.25) is 4.79 Å². The van der Waals surface area contributed by atoms with E-state index in [1.807, 2.05) is 14.1 Å². The van der Waals surface area contributed by atoms with Crippen LogP contribution in [0, 0.1) is 0 Å². The second-order valence-electron chi connectivity index (χ2n) is 3.86. The molecule has 0 heterocycles. The molecular formula is C10H21ClN2O. The molecule has 0 saturated heterocycles. The molecule has 0 aromatic heterocycles. The molecule has 0 aliphatic carbocycles. The van der Waals surface area contributed by atoms with Gasteiger partial charge < -0.3 is 12.4 Å². The van der Waals surface area contributed by atoms with Crippen LogP contribution in [0.2, 0.25) is 0 Å². The van der Waals surface area contributed by atoms with Gasteiger partial charge in [0.1, 0.15) is 6.04 Å². The van der Waals surface area contributed by atoms with E-state index in [9.17, 15) is 4.79 Å². The number of rotatable bonds is 5. The van der Waals surface area contributed by atoms with Crippen molar-refractivity contribution in [2.45, 2.75) is 32.7 Å². The average Bonchev–Trinajstić information content (AvgIpc) is 2.04. The molecule has 0 fully saturated rings. The summed E-state index contributed by atoms with van der Waals surface area (Å²) < 4.78 is 0.513. The van der Waals surface area contributed by atoms with Gasteiger partial charge in [-0.05, 0) is 6.92 Å². The van der Waals surface area contributed by atoms with Crippen LogP contribution in [0.5, 0.6) is 0 Å². The summed E-state index contributed by atoms with van der Waals surface area (Å²) in [4.78, 5) is 11.1.